The van der Waals surface area contributed by atoms with Crippen LogP contribution < -0.4 is 0 Å². The predicted octanol–water partition coefficient (Wildman–Crippen LogP) is 4.76. The van der Waals surface area contributed by atoms with Crippen LogP contribution in [0.2, 0.25) is 0 Å². The molecule has 0 radical (unpaired) electrons. The summed E-state index contributed by atoms with van der Waals surface area (Å²) in [6.45, 7) is 6.11. The first kappa shape index (κ1) is 15.4. The molecule has 0 unspecified atom stereocenters. The molecule has 0 atom stereocenters. The van der Waals surface area contributed by atoms with Crippen LogP contribution in [0.1, 0.15) is 32.9 Å². The maximum Gasteiger partial charge on any atom is 0.193 e. The van der Waals surface area contributed by atoms with Crippen molar-refractivity contribution >= 4 is 23.2 Å². The second kappa shape index (κ2) is 6.34. The molecule has 2 heterocycles. The highest BCUT2D eigenvalue weighted by molar-refractivity contribution is 7.12. The zero-order valence-electron chi connectivity index (χ0n) is 13.4. The van der Waals surface area contributed by atoms with Crippen molar-refractivity contribution in [3.05, 3.63) is 76.1 Å². The number of ketones is 1. The minimum Gasteiger partial charge on any atom is -0.294 e. The summed E-state index contributed by atoms with van der Waals surface area (Å²) in [6, 6.07) is 9.71. The van der Waals surface area contributed by atoms with Crippen LogP contribution in [0.3, 0.4) is 0 Å². The van der Waals surface area contributed by atoms with Crippen molar-refractivity contribution in [2.75, 3.05) is 0 Å². The van der Waals surface area contributed by atoms with Crippen molar-refractivity contribution in [2.24, 2.45) is 0 Å². The largest absolute Gasteiger partial charge is 0.294 e. The maximum atomic E-state index is 12.3. The molecule has 2 aromatic heterocycles. The Hall–Kier alpha value is -2.46. The van der Waals surface area contributed by atoms with Crippen LogP contribution in [0, 0.1) is 20.8 Å². The Morgan fingerprint density at radius 3 is 2.57 bits per heavy atom. The third-order valence-electron chi connectivity index (χ3n) is 3.83. The Bertz CT molecular complexity index is 856. The molecule has 0 aliphatic carbocycles. The number of benzene rings is 1. The molecule has 23 heavy (non-hydrogen) atoms. The Morgan fingerprint density at radius 2 is 1.91 bits per heavy atom. The molecule has 0 fully saturated rings. The van der Waals surface area contributed by atoms with Gasteiger partial charge in [0.05, 0.1) is 0 Å². The van der Waals surface area contributed by atoms with Crippen molar-refractivity contribution in [2.45, 2.75) is 20.8 Å². The molecule has 0 saturated heterocycles. The standard InChI is InChI=1S/C19H18N2OS/c1-13-4-6-16(7-5-13)18(22)9-8-17-12-14(2)21(15(17)3)19-20-10-11-23-19/h4-12H,1-3H3/b9-8+. The van der Waals surface area contributed by atoms with Crippen LogP contribution in [0.5, 0.6) is 0 Å². The molecule has 3 aromatic rings. The molecule has 0 aliphatic heterocycles. The highest BCUT2D eigenvalue weighted by Gasteiger charge is 2.11. The minimum absolute atomic E-state index is 0.0176. The van der Waals surface area contributed by atoms with E-state index in [1.54, 1.807) is 23.6 Å². The van der Waals surface area contributed by atoms with Crippen molar-refractivity contribution < 1.29 is 4.79 Å². The van der Waals surface area contributed by atoms with E-state index in [1.165, 1.54) is 0 Å². The normalized spacial score (nSPS) is 11.3. The Labute approximate surface area is 139 Å². The van der Waals surface area contributed by atoms with Crippen LogP contribution in [0.15, 0.2) is 48.0 Å². The van der Waals surface area contributed by atoms with Gasteiger partial charge in [-0.05, 0) is 44.6 Å². The number of allylic oxidation sites excluding steroid dienone is 1. The van der Waals surface area contributed by atoms with E-state index >= 15 is 0 Å². The molecule has 3 rings (SSSR count). The summed E-state index contributed by atoms with van der Waals surface area (Å²) in [4.78, 5) is 16.6. The summed E-state index contributed by atoms with van der Waals surface area (Å²) in [5.74, 6) is 0.0176. The summed E-state index contributed by atoms with van der Waals surface area (Å²) >= 11 is 1.60. The average molecular weight is 322 g/mol. The second-order valence-electron chi connectivity index (χ2n) is 5.54. The summed E-state index contributed by atoms with van der Waals surface area (Å²) in [5.41, 5.74) is 5.10. The van der Waals surface area contributed by atoms with E-state index in [1.807, 2.05) is 56.5 Å². The molecule has 0 aliphatic rings. The van der Waals surface area contributed by atoms with Gasteiger partial charge in [-0.15, -0.1) is 11.3 Å². The van der Waals surface area contributed by atoms with Gasteiger partial charge >= 0.3 is 0 Å². The molecule has 1 aromatic carbocycles. The first-order valence-corrected chi connectivity index (χ1v) is 8.32. The van der Waals surface area contributed by atoms with E-state index in [9.17, 15) is 4.79 Å². The number of nitrogens with zero attached hydrogens (tertiary/aromatic N) is 2. The summed E-state index contributed by atoms with van der Waals surface area (Å²) < 4.78 is 2.11. The van der Waals surface area contributed by atoms with Gasteiger partial charge < -0.3 is 0 Å². The van der Waals surface area contributed by atoms with Gasteiger partial charge in [0.25, 0.3) is 0 Å². The van der Waals surface area contributed by atoms with Crippen LogP contribution in [0.25, 0.3) is 11.2 Å². The topological polar surface area (TPSA) is 34.9 Å². The van der Waals surface area contributed by atoms with Gasteiger partial charge in [0.1, 0.15) is 0 Å². The van der Waals surface area contributed by atoms with Crippen LogP contribution >= 0.6 is 11.3 Å². The Morgan fingerprint density at radius 1 is 1.17 bits per heavy atom. The van der Waals surface area contributed by atoms with E-state index in [0.717, 1.165) is 27.6 Å². The number of carbonyl (C=O) groups excluding carboxylic acids is 1. The molecule has 116 valence electrons. The fraction of sp³-hybridized carbons (Fsp3) is 0.158. The van der Waals surface area contributed by atoms with E-state index in [2.05, 4.69) is 15.6 Å². The molecule has 4 heteroatoms. The van der Waals surface area contributed by atoms with Crippen LogP contribution in [-0.2, 0) is 0 Å². The van der Waals surface area contributed by atoms with Gasteiger partial charge in [0, 0.05) is 28.5 Å². The lowest BCUT2D eigenvalue weighted by Gasteiger charge is -2.04. The third-order valence-corrected chi connectivity index (χ3v) is 4.59. The molecular formula is C19H18N2OS. The minimum atomic E-state index is 0.0176. The number of hydrogen-bond acceptors (Lipinski definition) is 3. The second-order valence-corrected chi connectivity index (χ2v) is 6.41. The average Bonchev–Trinajstić information content (AvgIpc) is 3.14. The van der Waals surface area contributed by atoms with E-state index in [4.69, 9.17) is 0 Å². The highest BCUT2D eigenvalue weighted by atomic mass is 32.1. The number of rotatable bonds is 4. The zero-order chi connectivity index (χ0) is 16.4. The number of hydrogen-bond donors (Lipinski definition) is 0. The number of aromatic nitrogens is 2. The summed E-state index contributed by atoms with van der Waals surface area (Å²) in [6.07, 6.45) is 5.32. The molecule has 0 N–H and O–H groups in total. The van der Waals surface area contributed by atoms with E-state index < -0.39 is 0 Å². The maximum absolute atomic E-state index is 12.3. The van der Waals surface area contributed by atoms with Crippen molar-refractivity contribution in [3.63, 3.8) is 0 Å². The monoisotopic (exact) mass is 322 g/mol. The first-order chi connectivity index (χ1) is 11.1. The Balaban J connectivity index is 1.87. The zero-order valence-corrected chi connectivity index (χ0v) is 14.2. The highest BCUT2D eigenvalue weighted by Crippen LogP contribution is 2.23. The van der Waals surface area contributed by atoms with Crippen molar-refractivity contribution in [3.8, 4) is 5.13 Å². The Kier molecular flexibility index (Phi) is 4.26. The molecule has 3 nitrogen and oxygen atoms in total. The lowest BCUT2D eigenvalue weighted by molar-refractivity contribution is 0.104. The molecular weight excluding hydrogens is 304 g/mol. The lowest BCUT2D eigenvalue weighted by atomic mass is 10.1. The molecule has 0 spiro atoms. The first-order valence-electron chi connectivity index (χ1n) is 7.44. The van der Waals surface area contributed by atoms with Gasteiger partial charge in [-0.3, -0.25) is 9.36 Å². The van der Waals surface area contributed by atoms with Gasteiger partial charge in [0.15, 0.2) is 10.9 Å². The molecule has 0 saturated carbocycles. The summed E-state index contributed by atoms with van der Waals surface area (Å²) in [5, 5.41) is 2.91. The van der Waals surface area contributed by atoms with Gasteiger partial charge in [0.2, 0.25) is 0 Å². The van der Waals surface area contributed by atoms with E-state index in [0.29, 0.717) is 5.56 Å². The number of aryl methyl sites for hydroxylation is 2. The fourth-order valence-electron chi connectivity index (χ4n) is 2.56. The fourth-order valence-corrected chi connectivity index (χ4v) is 3.31. The van der Waals surface area contributed by atoms with E-state index in [-0.39, 0.29) is 5.78 Å². The number of thiazole rings is 1. The van der Waals surface area contributed by atoms with Gasteiger partial charge in [-0.25, -0.2) is 4.98 Å². The quantitative estimate of drug-likeness (QED) is 0.513. The van der Waals surface area contributed by atoms with Gasteiger partial charge in [-0.1, -0.05) is 29.8 Å². The molecule has 0 amide bonds. The van der Waals surface area contributed by atoms with Crippen molar-refractivity contribution in [1.29, 1.82) is 0 Å². The predicted molar refractivity (Wildman–Crippen MR) is 95.5 cm³/mol. The molecule has 0 bridgehead atoms. The van der Waals surface area contributed by atoms with Gasteiger partial charge in [-0.2, -0.15) is 0 Å². The smallest absolute Gasteiger partial charge is 0.193 e. The number of carbonyl (C=O) groups is 1. The van der Waals surface area contributed by atoms with Crippen molar-refractivity contribution in [1.82, 2.24) is 9.55 Å². The summed E-state index contributed by atoms with van der Waals surface area (Å²) in [7, 11) is 0. The van der Waals surface area contributed by atoms with Crippen LogP contribution in [-0.4, -0.2) is 15.3 Å². The lowest BCUT2D eigenvalue weighted by Crippen LogP contribution is -1.98. The third kappa shape index (κ3) is 3.17. The van der Waals surface area contributed by atoms with Crippen LogP contribution in [0.4, 0.5) is 0 Å². The SMILES string of the molecule is Cc1ccc(C(=O)/C=C/c2cc(C)n(-c3nccs3)c2C)cc1.